The number of benzene rings is 1. The van der Waals surface area contributed by atoms with Gasteiger partial charge in [-0.25, -0.2) is 0 Å². The molecule has 1 aliphatic heterocycles. The van der Waals surface area contributed by atoms with Crippen molar-refractivity contribution < 1.29 is 14.2 Å². The van der Waals surface area contributed by atoms with Crippen LogP contribution < -0.4 is 4.74 Å². The summed E-state index contributed by atoms with van der Waals surface area (Å²) in [4.78, 5) is 0. The molecule has 0 aliphatic carbocycles. The first kappa shape index (κ1) is 10.7. The van der Waals surface area contributed by atoms with E-state index in [1.165, 1.54) is 0 Å². The molecule has 1 aliphatic rings. The molecule has 0 N–H and O–H groups in total. The van der Waals surface area contributed by atoms with Crippen LogP contribution in [0.15, 0.2) is 24.3 Å². The van der Waals surface area contributed by atoms with Crippen molar-refractivity contribution in [2.45, 2.75) is 6.10 Å². The van der Waals surface area contributed by atoms with Crippen molar-refractivity contribution in [1.29, 1.82) is 0 Å². The molecule has 0 spiro atoms. The van der Waals surface area contributed by atoms with Crippen LogP contribution in [0.4, 0.5) is 0 Å². The molecule has 0 amide bonds. The third-order valence-corrected chi connectivity index (χ3v) is 2.27. The van der Waals surface area contributed by atoms with Gasteiger partial charge in [-0.2, -0.15) is 0 Å². The van der Waals surface area contributed by atoms with Gasteiger partial charge >= 0.3 is 0 Å². The fourth-order valence-corrected chi connectivity index (χ4v) is 1.25. The number of rotatable bonds is 6. The molecule has 1 heterocycles. The fourth-order valence-electron chi connectivity index (χ4n) is 1.13. The summed E-state index contributed by atoms with van der Waals surface area (Å²) in [6, 6.07) is 7.28. The molecule has 0 bridgehead atoms. The average Bonchev–Trinajstić information content (AvgIpc) is 3.04. The van der Waals surface area contributed by atoms with Crippen LogP contribution in [0.25, 0.3) is 0 Å². The van der Waals surface area contributed by atoms with E-state index in [4.69, 9.17) is 25.8 Å². The topological polar surface area (TPSA) is 31.0 Å². The first-order valence-electron chi connectivity index (χ1n) is 4.92. The standard InChI is InChI=1S/C11H13ClO3/c12-9-1-3-10(4-2-9)14-6-5-13-7-11-8-15-11/h1-4,11H,5-8H2/t11-/m0/s1. The van der Waals surface area contributed by atoms with Gasteiger partial charge in [-0.3, -0.25) is 0 Å². The Kier molecular flexibility index (Phi) is 3.83. The van der Waals surface area contributed by atoms with Crippen LogP contribution >= 0.6 is 11.6 Å². The molecule has 82 valence electrons. The largest absolute Gasteiger partial charge is 0.491 e. The number of hydrogen-bond acceptors (Lipinski definition) is 3. The smallest absolute Gasteiger partial charge is 0.119 e. The Morgan fingerprint density at radius 2 is 2.00 bits per heavy atom. The Hall–Kier alpha value is -0.770. The highest BCUT2D eigenvalue weighted by Gasteiger charge is 2.21. The fraction of sp³-hybridized carbons (Fsp3) is 0.455. The van der Waals surface area contributed by atoms with Crippen molar-refractivity contribution in [3.63, 3.8) is 0 Å². The predicted molar refractivity (Wildman–Crippen MR) is 57.5 cm³/mol. The van der Waals surface area contributed by atoms with Crippen LogP contribution in [0.2, 0.25) is 5.02 Å². The van der Waals surface area contributed by atoms with Gasteiger partial charge in [-0.05, 0) is 24.3 Å². The molecule has 0 aromatic heterocycles. The minimum absolute atomic E-state index is 0.320. The summed E-state index contributed by atoms with van der Waals surface area (Å²) < 4.78 is 15.8. The first-order valence-corrected chi connectivity index (χ1v) is 5.30. The number of ether oxygens (including phenoxy) is 3. The van der Waals surface area contributed by atoms with Gasteiger partial charge in [0.1, 0.15) is 18.5 Å². The SMILES string of the molecule is Clc1ccc(OCCOC[C@H]2CO2)cc1. The van der Waals surface area contributed by atoms with Crippen LogP contribution in [0, 0.1) is 0 Å². The Bertz CT molecular complexity index is 295. The lowest BCUT2D eigenvalue weighted by atomic mass is 10.3. The average molecular weight is 229 g/mol. The second-order valence-corrected chi connectivity index (χ2v) is 3.77. The normalized spacial score (nSPS) is 18.9. The van der Waals surface area contributed by atoms with Gasteiger partial charge in [0, 0.05) is 5.02 Å². The molecule has 4 heteroatoms. The lowest BCUT2D eigenvalue weighted by molar-refractivity contribution is 0.0878. The summed E-state index contributed by atoms with van der Waals surface area (Å²) in [7, 11) is 0. The summed E-state index contributed by atoms with van der Waals surface area (Å²) in [5, 5.41) is 0.712. The maximum atomic E-state index is 5.74. The lowest BCUT2D eigenvalue weighted by Crippen LogP contribution is -2.09. The highest BCUT2D eigenvalue weighted by atomic mass is 35.5. The van der Waals surface area contributed by atoms with Crippen molar-refractivity contribution in [3.8, 4) is 5.75 Å². The van der Waals surface area contributed by atoms with E-state index in [-0.39, 0.29) is 0 Å². The van der Waals surface area contributed by atoms with Crippen molar-refractivity contribution in [3.05, 3.63) is 29.3 Å². The minimum Gasteiger partial charge on any atom is -0.491 e. The number of halogens is 1. The summed E-state index contributed by atoms with van der Waals surface area (Å²) in [5.41, 5.74) is 0. The Morgan fingerprint density at radius 1 is 1.27 bits per heavy atom. The molecular weight excluding hydrogens is 216 g/mol. The zero-order chi connectivity index (χ0) is 10.5. The third-order valence-electron chi connectivity index (χ3n) is 2.02. The molecule has 2 rings (SSSR count). The van der Waals surface area contributed by atoms with Crippen LogP contribution in [0.1, 0.15) is 0 Å². The van der Waals surface area contributed by atoms with Crippen LogP contribution in [-0.4, -0.2) is 32.5 Å². The van der Waals surface area contributed by atoms with E-state index in [0.717, 1.165) is 12.4 Å². The van der Waals surface area contributed by atoms with Crippen molar-refractivity contribution in [2.24, 2.45) is 0 Å². The zero-order valence-electron chi connectivity index (χ0n) is 8.32. The molecule has 1 fully saturated rings. The lowest BCUT2D eigenvalue weighted by Gasteiger charge is -2.06. The van der Waals surface area contributed by atoms with Gasteiger partial charge in [0.05, 0.1) is 19.8 Å². The predicted octanol–water partition coefficient (Wildman–Crippen LogP) is 2.13. The Balaban J connectivity index is 1.58. The van der Waals surface area contributed by atoms with Gasteiger partial charge in [0.25, 0.3) is 0 Å². The van der Waals surface area contributed by atoms with Gasteiger partial charge in [-0.1, -0.05) is 11.6 Å². The third kappa shape index (κ3) is 4.08. The molecule has 0 saturated carbocycles. The molecular formula is C11H13ClO3. The maximum Gasteiger partial charge on any atom is 0.119 e. The van der Waals surface area contributed by atoms with Gasteiger partial charge in [0.15, 0.2) is 0 Å². The van der Waals surface area contributed by atoms with Crippen LogP contribution in [0.3, 0.4) is 0 Å². The Morgan fingerprint density at radius 3 is 2.67 bits per heavy atom. The molecule has 1 saturated heterocycles. The van der Waals surface area contributed by atoms with E-state index in [9.17, 15) is 0 Å². The van der Waals surface area contributed by atoms with Gasteiger partial charge in [0.2, 0.25) is 0 Å². The molecule has 1 aromatic rings. The van der Waals surface area contributed by atoms with Crippen molar-refractivity contribution in [1.82, 2.24) is 0 Å². The Labute approximate surface area is 93.9 Å². The quantitative estimate of drug-likeness (QED) is 0.552. The van der Waals surface area contributed by atoms with Crippen LogP contribution in [0.5, 0.6) is 5.75 Å². The molecule has 0 radical (unpaired) electrons. The summed E-state index contributed by atoms with van der Waals surface area (Å²) >= 11 is 5.74. The van der Waals surface area contributed by atoms with Crippen molar-refractivity contribution in [2.75, 3.05) is 26.4 Å². The van der Waals surface area contributed by atoms with E-state index < -0.39 is 0 Å². The zero-order valence-corrected chi connectivity index (χ0v) is 9.07. The monoisotopic (exact) mass is 228 g/mol. The molecule has 3 nitrogen and oxygen atoms in total. The van der Waals surface area contributed by atoms with Crippen LogP contribution in [-0.2, 0) is 9.47 Å². The maximum absolute atomic E-state index is 5.74. The highest BCUT2D eigenvalue weighted by Crippen LogP contribution is 2.15. The summed E-state index contributed by atoms with van der Waals surface area (Å²) in [6.45, 7) is 2.64. The van der Waals surface area contributed by atoms with E-state index in [2.05, 4.69) is 0 Å². The number of hydrogen-bond donors (Lipinski definition) is 0. The van der Waals surface area contributed by atoms with Gasteiger partial charge in [-0.15, -0.1) is 0 Å². The van der Waals surface area contributed by atoms with E-state index in [1.54, 1.807) is 12.1 Å². The molecule has 0 unspecified atom stereocenters. The molecule has 1 aromatic carbocycles. The highest BCUT2D eigenvalue weighted by molar-refractivity contribution is 6.30. The van der Waals surface area contributed by atoms with E-state index >= 15 is 0 Å². The van der Waals surface area contributed by atoms with Crippen molar-refractivity contribution >= 4 is 11.6 Å². The second kappa shape index (κ2) is 5.35. The molecule has 15 heavy (non-hydrogen) atoms. The summed E-state index contributed by atoms with van der Waals surface area (Å²) in [5.74, 6) is 0.811. The minimum atomic E-state index is 0.320. The molecule has 1 atom stereocenters. The second-order valence-electron chi connectivity index (χ2n) is 3.33. The first-order chi connectivity index (χ1) is 7.34. The summed E-state index contributed by atoms with van der Waals surface area (Å²) in [6.07, 6.45) is 0.320. The van der Waals surface area contributed by atoms with E-state index in [1.807, 2.05) is 12.1 Å². The number of epoxide rings is 1. The van der Waals surface area contributed by atoms with Gasteiger partial charge < -0.3 is 14.2 Å². The van der Waals surface area contributed by atoms with E-state index in [0.29, 0.717) is 30.9 Å².